The van der Waals surface area contributed by atoms with Crippen LogP contribution >= 0.6 is 11.8 Å². The van der Waals surface area contributed by atoms with Gasteiger partial charge < -0.3 is 11.1 Å². The second-order valence-corrected chi connectivity index (χ2v) is 5.68. The first-order valence-electron chi connectivity index (χ1n) is 5.21. The maximum absolute atomic E-state index is 11.9. The average Bonchev–Trinajstić information content (AvgIpc) is 2.29. The van der Waals surface area contributed by atoms with Gasteiger partial charge in [-0.05, 0) is 32.2 Å². The first-order chi connectivity index (χ1) is 7.47. The highest BCUT2D eigenvalue weighted by molar-refractivity contribution is 8.00. The monoisotopic (exact) mass is 239 g/mol. The Labute approximate surface area is 101 Å². The number of benzene rings is 1. The normalized spacial score (nSPS) is 13.2. The molecule has 0 aliphatic heterocycles. The molecule has 1 amide bonds. The van der Waals surface area contributed by atoms with E-state index in [-0.39, 0.29) is 16.7 Å². The molecule has 88 valence electrons. The van der Waals surface area contributed by atoms with Gasteiger partial charge in [-0.25, -0.2) is 0 Å². The van der Waals surface area contributed by atoms with Crippen molar-refractivity contribution in [3.8, 4) is 0 Å². The molecule has 0 saturated heterocycles. The van der Waals surface area contributed by atoms with Gasteiger partial charge in [-0.1, -0.05) is 18.2 Å². The van der Waals surface area contributed by atoms with Crippen molar-refractivity contribution < 1.29 is 10.5 Å². The number of rotatable bonds is 4. The number of carbonyl (C=O) groups excluding carboxylic acids is 1. The summed E-state index contributed by atoms with van der Waals surface area (Å²) in [5, 5.41) is 2.87. The molecular formula is C12H19N2OS+. The summed E-state index contributed by atoms with van der Waals surface area (Å²) in [6.45, 7) is 4.06. The molecule has 1 aromatic carbocycles. The maximum atomic E-state index is 11.9. The molecule has 1 atom stereocenters. The van der Waals surface area contributed by atoms with Crippen LogP contribution in [0.4, 0.5) is 5.69 Å². The fraction of sp³-hybridized carbons (Fsp3) is 0.417. The molecule has 3 nitrogen and oxygen atoms in total. The second-order valence-electron chi connectivity index (χ2n) is 4.22. The molecule has 16 heavy (non-hydrogen) atoms. The number of nitrogens with one attached hydrogen (secondary N) is 1. The number of anilines is 1. The van der Waals surface area contributed by atoms with Crippen LogP contribution in [-0.2, 0) is 4.79 Å². The zero-order chi connectivity index (χ0) is 12.2. The first-order valence-corrected chi connectivity index (χ1v) is 6.44. The van der Waals surface area contributed by atoms with E-state index >= 15 is 0 Å². The Morgan fingerprint density at radius 3 is 2.44 bits per heavy atom. The summed E-state index contributed by atoms with van der Waals surface area (Å²) in [4.78, 5) is 11.9. The van der Waals surface area contributed by atoms with Crippen LogP contribution in [0, 0.1) is 0 Å². The number of hydrogen-bond acceptors (Lipinski definition) is 2. The summed E-state index contributed by atoms with van der Waals surface area (Å²) in [5.74, 6) is -0.0365. The molecule has 0 spiro atoms. The molecule has 1 rings (SSSR count). The van der Waals surface area contributed by atoms with Gasteiger partial charge in [-0.3, -0.25) is 4.79 Å². The minimum atomic E-state index is -0.275. The minimum absolute atomic E-state index is 0.0365. The summed E-state index contributed by atoms with van der Waals surface area (Å²) < 4.78 is -0.154. The number of hydrogen-bond donors (Lipinski definition) is 2. The lowest BCUT2D eigenvalue weighted by molar-refractivity contribution is -0.408. The average molecular weight is 239 g/mol. The fourth-order valence-corrected chi connectivity index (χ4v) is 1.60. The third kappa shape index (κ3) is 3.25. The molecule has 0 heterocycles. The smallest absolute Gasteiger partial charge is 0.283 e. The lowest BCUT2D eigenvalue weighted by Gasteiger charge is -2.25. The molecule has 4 heteroatoms. The van der Waals surface area contributed by atoms with Gasteiger partial charge in [0.2, 0.25) is 0 Å². The van der Waals surface area contributed by atoms with E-state index in [4.69, 9.17) is 0 Å². The fourth-order valence-electron chi connectivity index (χ4n) is 1.21. The van der Waals surface area contributed by atoms with Gasteiger partial charge in [0.05, 0.1) is 4.75 Å². The van der Waals surface area contributed by atoms with Crippen LogP contribution in [0.1, 0.15) is 13.8 Å². The van der Waals surface area contributed by atoms with Crippen molar-refractivity contribution in [2.24, 2.45) is 0 Å². The van der Waals surface area contributed by atoms with Gasteiger partial charge in [-0.15, -0.1) is 0 Å². The molecule has 0 saturated carbocycles. The summed E-state index contributed by atoms with van der Waals surface area (Å²) in [6.07, 6.45) is 1.99. The van der Waals surface area contributed by atoms with Gasteiger partial charge in [0.1, 0.15) is 0 Å². The van der Waals surface area contributed by atoms with Gasteiger partial charge in [0, 0.05) is 5.69 Å². The Hall–Kier alpha value is -1.00. The first kappa shape index (κ1) is 13.1. The number of para-hydroxylation sites is 1. The predicted molar refractivity (Wildman–Crippen MR) is 69.3 cm³/mol. The topological polar surface area (TPSA) is 56.7 Å². The van der Waals surface area contributed by atoms with Crippen molar-refractivity contribution in [1.29, 1.82) is 0 Å². The van der Waals surface area contributed by atoms with Gasteiger partial charge in [0.25, 0.3) is 5.91 Å². The van der Waals surface area contributed by atoms with Gasteiger partial charge >= 0.3 is 0 Å². The molecule has 4 N–H and O–H groups in total. The molecule has 0 fully saturated rings. The summed E-state index contributed by atoms with van der Waals surface area (Å²) in [6, 6.07) is 9.18. The Morgan fingerprint density at radius 1 is 1.38 bits per heavy atom. The standard InChI is InChI=1S/C12H18N2OS/c1-12(2,16-3)10(13)11(15)14-9-7-5-4-6-8-9/h4-8,10H,13H2,1-3H3,(H,14,15)/p+1. The summed E-state index contributed by atoms with van der Waals surface area (Å²) >= 11 is 1.65. The largest absolute Gasteiger partial charge is 0.346 e. The molecule has 0 aliphatic rings. The van der Waals surface area contributed by atoms with Gasteiger partial charge in [0.15, 0.2) is 6.04 Å². The molecule has 0 radical (unpaired) electrons. The quantitative estimate of drug-likeness (QED) is 0.834. The zero-order valence-corrected chi connectivity index (χ0v) is 10.8. The molecule has 1 unspecified atom stereocenters. The third-order valence-corrected chi connectivity index (χ3v) is 4.06. The van der Waals surface area contributed by atoms with E-state index in [0.29, 0.717) is 0 Å². The highest BCUT2D eigenvalue weighted by Gasteiger charge is 2.34. The summed E-state index contributed by atoms with van der Waals surface area (Å²) in [5.41, 5.74) is 4.76. The lowest BCUT2D eigenvalue weighted by Crippen LogP contribution is -2.73. The zero-order valence-electron chi connectivity index (χ0n) is 9.99. The SMILES string of the molecule is CSC(C)(C)C([NH3+])C(=O)Nc1ccccc1. The molecular weight excluding hydrogens is 220 g/mol. The number of quaternary nitrogens is 1. The number of amides is 1. The third-order valence-electron chi connectivity index (χ3n) is 2.72. The van der Waals surface area contributed by atoms with E-state index in [0.717, 1.165) is 5.69 Å². The maximum Gasteiger partial charge on any atom is 0.283 e. The van der Waals surface area contributed by atoms with Crippen LogP contribution in [0.5, 0.6) is 0 Å². The van der Waals surface area contributed by atoms with Crippen molar-refractivity contribution >= 4 is 23.4 Å². The van der Waals surface area contributed by atoms with E-state index in [1.54, 1.807) is 11.8 Å². The lowest BCUT2D eigenvalue weighted by atomic mass is 10.0. The van der Waals surface area contributed by atoms with E-state index in [1.807, 2.05) is 50.4 Å². The summed E-state index contributed by atoms with van der Waals surface area (Å²) in [7, 11) is 0. The Balaban J connectivity index is 2.66. The minimum Gasteiger partial charge on any atom is -0.346 e. The Bertz CT molecular complexity index is 351. The van der Waals surface area contributed by atoms with Crippen molar-refractivity contribution in [1.82, 2.24) is 0 Å². The van der Waals surface area contributed by atoms with Crippen molar-refractivity contribution in [3.05, 3.63) is 30.3 Å². The predicted octanol–water partition coefficient (Wildman–Crippen LogP) is 1.38. The molecule has 0 bridgehead atoms. The Kier molecular flexibility index (Phi) is 4.38. The van der Waals surface area contributed by atoms with Crippen LogP contribution in [-0.4, -0.2) is 23.0 Å². The van der Waals surface area contributed by atoms with E-state index in [2.05, 4.69) is 11.1 Å². The van der Waals surface area contributed by atoms with Crippen LogP contribution in [0.3, 0.4) is 0 Å². The van der Waals surface area contributed by atoms with Crippen LogP contribution < -0.4 is 11.1 Å². The Morgan fingerprint density at radius 2 is 1.94 bits per heavy atom. The van der Waals surface area contributed by atoms with Crippen molar-refractivity contribution in [2.45, 2.75) is 24.6 Å². The van der Waals surface area contributed by atoms with E-state index < -0.39 is 0 Å². The van der Waals surface area contributed by atoms with E-state index in [1.165, 1.54) is 0 Å². The van der Waals surface area contributed by atoms with Crippen LogP contribution in [0.15, 0.2) is 30.3 Å². The van der Waals surface area contributed by atoms with Gasteiger partial charge in [-0.2, -0.15) is 11.8 Å². The second kappa shape index (κ2) is 5.37. The highest BCUT2D eigenvalue weighted by Crippen LogP contribution is 2.24. The van der Waals surface area contributed by atoms with Crippen LogP contribution in [0.2, 0.25) is 0 Å². The molecule has 0 aliphatic carbocycles. The van der Waals surface area contributed by atoms with Crippen molar-refractivity contribution in [2.75, 3.05) is 11.6 Å². The number of carbonyl (C=O) groups is 1. The molecule has 0 aromatic heterocycles. The van der Waals surface area contributed by atoms with E-state index in [9.17, 15) is 4.79 Å². The highest BCUT2D eigenvalue weighted by atomic mass is 32.2. The van der Waals surface area contributed by atoms with Crippen molar-refractivity contribution in [3.63, 3.8) is 0 Å². The number of thioether (sulfide) groups is 1. The van der Waals surface area contributed by atoms with Crippen LogP contribution in [0.25, 0.3) is 0 Å². The molecule has 1 aromatic rings.